The Kier molecular flexibility index (Phi) is 3.33. The number of rotatable bonds is 2. The number of nitro groups is 1. The molecule has 2 atom stereocenters. The maximum Gasteiger partial charge on any atom is 0.321 e. The topological polar surface area (TPSA) is 105 Å². The van der Waals surface area contributed by atoms with Crippen molar-refractivity contribution in [2.24, 2.45) is 11.7 Å². The number of hydrogen-bond acceptors (Lipinski definition) is 4. The van der Waals surface area contributed by atoms with E-state index in [0.29, 0.717) is 19.0 Å². The Balaban J connectivity index is 2.09. The number of nitrogens with two attached hydrogens (primary N) is 1. The predicted octanol–water partition coefficient (Wildman–Crippen LogP) is 0.732. The number of nitrogens with zero attached hydrogens (tertiary/aromatic N) is 2. The van der Waals surface area contributed by atoms with Gasteiger partial charge in [-0.05, 0) is 23.3 Å². The zero-order chi connectivity index (χ0) is 13.3. The van der Waals surface area contributed by atoms with Crippen molar-refractivity contribution >= 4 is 11.7 Å². The number of H-pyrrole nitrogens is 1. The molecule has 1 fully saturated rings. The van der Waals surface area contributed by atoms with Crippen LogP contribution in [0.5, 0.6) is 0 Å². The van der Waals surface area contributed by atoms with Crippen LogP contribution in [0.4, 0.5) is 5.82 Å². The van der Waals surface area contributed by atoms with E-state index in [-0.39, 0.29) is 23.5 Å². The van der Waals surface area contributed by atoms with E-state index in [1.165, 1.54) is 12.1 Å². The fraction of sp³-hybridized carbons (Fsp3) is 0.545. The van der Waals surface area contributed by atoms with Gasteiger partial charge >= 0.3 is 5.82 Å². The van der Waals surface area contributed by atoms with Crippen molar-refractivity contribution in [1.29, 1.82) is 0 Å². The summed E-state index contributed by atoms with van der Waals surface area (Å²) in [6.45, 7) is 3.19. The fourth-order valence-electron chi connectivity index (χ4n) is 2.07. The number of nitrogens with one attached hydrogen (secondary N) is 1. The first-order chi connectivity index (χ1) is 8.49. The molecule has 1 saturated heterocycles. The molecule has 18 heavy (non-hydrogen) atoms. The molecule has 7 heteroatoms. The van der Waals surface area contributed by atoms with Gasteiger partial charge < -0.3 is 20.7 Å². The molecule has 2 unspecified atom stereocenters. The highest BCUT2D eigenvalue weighted by Gasteiger charge is 2.29. The van der Waals surface area contributed by atoms with Crippen molar-refractivity contribution in [3.8, 4) is 0 Å². The summed E-state index contributed by atoms with van der Waals surface area (Å²) in [6, 6.07) is 2.69. The van der Waals surface area contributed by atoms with Gasteiger partial charge in [-0.1, -0.05) is 6.92 Å². The smallest absolute Gasteiger partial charge is 0.321 e. The number of hydrogen-bond donors (Lipinski definition) is 2. The van der Waals surface area contributed by atoms with Crippen LogP contribution in [-0.2, 0) is 0 Å². The Morgan fingerprint density at radius 1 is 1.61 bits per heavy atom. The number of likely N-dealkylation sites (tertiary alicyclic amines) is 1. The quantitative estimate of drug-likeness (QED) is 0.597. The third-order valence-electron chi connectivity index (χ3n) is 3.40. The minimum absolute atomic E-state index is 0.0346. The number of carbonyl (C=O) groups excluding carboxylic acids is 1. The monoisotopic (exact) mass is 252 g/mol. The largest absolute Gasteiger partial charge is 0.358 e. The lowest BCUT2D eigenvalue weighted by atomic mass is 9.94. The van der Waals surface area contributed by atoms with E-state index < -0.39 is 4.92 Å². The van der Waals surface area contributed by atoms with Crippen LogP contribution in [0.25, 0.3) is 0 Å². The minimum Gasteiger partial charge on any atom is -0.358 e. The lowest BCUT2D eigenvalue weighted by molar-refractivity contribution is -0.389. The van der Waals surface area contributed by atoms with E-state index in [0.717, 1.165) is 6.42 Å². The highest BCUT2D eigenvalue weighted by molar-refractivity contribution is 5.93. The molecule has 0 aromatic carbocycles. The molecule has 1 amide bonds. The molecule has 0 radical (unpaired) electrons. The third kappa shape index (κ3) is 2.35. The number of piperidine rings is 1. The van der Waals surface area contributed by atoms with Gasteiger partial charge in [0, 0.05) is 25.2 Å². The van der Waals surface area contributed by atoms with Crippen LogP contribution in [0.3, 0.4) is 0 Å². The Labute approximate surface area is 104 Å². The summed E-state index contributed by atoms with van der Waals surface area (Å²) >= 11 is 0. The summed E-state index contributed by atoms with van der Waals surface area (Å²) in [4.78, 5) is 26.2. The van der Waals surface area contributed by atoms with Crippen molar-refractivity contribution in [2.75, 3.05) is 13.1 Å². The maximum absolute atomic E-state index is 12.1. The summed E-state index contributed by atoms with van der Waals surface area (Å²) in [5, 5.41) is 10.5. The van der Waals surface area contributed by atoms with E-state index >= 15 is 0 Å². The molecule has 1 aromatic rings. The summed E-state index contributed by atoms with van der Waals surface area (Å²) in [5.41, 5.74) is 6.16. The van der Waals surface area contributed by atoms with Crippen LogP contribution in [0.15, 0.2) is 12.1 Å². The standard InChI is InChI=1S/C11H16N4O3/c1-7-4-5-14(6-8(7)12)11(16)9-2-3-10(13-9)15(17)18/h2-3,7-8,13H,4-6,12H2,1H3. The van der Waals surface area contributed by atoms with Gasteiger partial charge in [0.1, 0.15) is 0 Å². The Morgan fingerprint density at radius 2 is 2.33 bits per heavy atom. The molecule has 0 saturated carbocycles. The van der Waals surface area contributed by atoms with Crippen molar-refractivity contribution in [1.82, 2.24) is 9.88 Å². The fourth-order valence-corrected chi connectivity index (χ4v) is 2.07. The zero-order valence-electron chi connectivity index (χ0n) is 10.1. The van der Waals surface area contributed by atoms with Crippen molar-refractivity contribution < 1.29 is 9.72 Å². The number of aromatic amines is 1. The zero-order valence-corrected chi connectivity index (χ0v) is 10.1. The predicted molar refractivity (Wildman–Crippen MR) is 65.1 cm³/mol. The highest BCUT2D eigenvalue weighted by atomic mass is 16.6. The molecule has 0 spiro atoms. The van der Waals surface area contributed by atoms with Crippen LogP contribution in [-0.4, -0.2) is 39.8 Å². The molecule has 1 aromatic heterocycles. The van der Waals surface area contributed by atoms with Gasteiger partial charge in [-0.2, -0.15) is 0 Å². The second kappa shape index (κ2) is 4.77. The lowest BCUT2D eigenvalue weighted by Crippen LogP contribution is -2.49. The molecule has 1 aliphatic rings. The number of aromatic nitrogens is 1. The molecule has 3 N–H and O–H groups in total. The van der Waals surface area contributed by atoms with Gasteiger partial charge in [-0.3, -0.25) is 4.79 Å². The Morgan fingerprint density at radius 3 is 2.89 bits per heavy atom. The first-order valence-corrected chi connectivity index (χ1v) is 5.87. The van der Waals surface area contributed by atoms with E-state index in [9.17, 15) is 14.9 Å². The molecular formula is C11H16N4O3. The molecule has 98 valence electrons. The van der Waals surface area contributed by atoms with E-state index in [4.69, 9.17) is 5.73 Å². The minimum atomic E-state index is -0.555. The first-order valence-electron chi connectivity index (χ1n) is 5.87. The maximum atomic E-state index is 12.1. The average molecular weight is 252 g/mol. The van der Waals surface area contributed by atoms with Crippen molar-refractivity contribution in [2.45, 2.75) is 19.4 Å². The summed E-state index contributed by atoms with van der Waals surface area (Å²) < 4.78 is 0. The first kappa shape index (κ1) is 12.6. The second-order valence-electron chi connectivity index (χ2n) is 4.70. The van der Waals surface area contributed by atoms with Crippen molar-refractivity contribution in [3.63, 3.8) is 0 Å². The van der Waals surface area contributed by atoms with Crippen LogP contribution in [0.2, 0.25) is 0 Å². The molecule has 1 aliphatic heterocycles. The van der Waals surface area contributed by atoms with E-state index in [2.05, 4.69) is 11.9 Å². The van der Waals surface area contributed by atoms with E-state index in [1.54, 1.807) is 4.90 Å². The summed E-state index contributed by atoms with van der Waals surface area (Å²) in [5.74, 6) is -0.00879. The normalized spacial score (nSPS) is 24.0. The van der Waals surface area contributed by atoms with Gasteiger partial charge in [-0.15, -0.1) is 0 Å². The summed E-state index contributed by atoms with van der Waals surface area (Å²) in [7, 11) is 0. The molecule has 2 heterocycles. The SMILES string of the molecule is CC1CCN(C(=O)c2ccc([N+](=O)[O-])[nH]2)CC1N. The van der Waals surface area contributed by atoms with Gasteiger partial charge in [-0.25, -0.2) is 4.98 Å². The Hall–Kier alpha value is -1.89. The van der Waals surface area contributed by atoms with Gasteiger partial charge in [0.05, 0.1) is 0 Å². The van der Waals surface area contributed by atoms with Gasteiger partial charge in [0.15, 0.2) is 5.69 Å². The molecule has 0 aliphatic carbocycles. The van der Waals surface area contributed by atoms with Crippen LogP contribution in [0, 0.1) is 16.0 Å². The molecule has 2 rings (SSSR count). The average Bonchev–Trinajstić information content (AvgIpc) is 2.81. The van der Waals surface area contributed by atoms with Crippen LogP contribution < -0.4 is 5.73 Å². The number of amides is 1. The molecule has 0 bridgehead atoms. The van der Waals surface area contributed by atoms with Gasteiger partial charge in [0.25, 0.3) is 5.91 Å². The number of carbonyl (C=O) groups is 1. The second-order valence-corrected chi connectivity index (χ2v) is 4.70. The van der Waals surface area contributed by atoms with E-state index in [1.807, 2.05) is 0 Å². The third-order valence-corrected chi connectivity index (χ3v) is 3.40. The highest BCUT2D eigenvalue weighted by Crippen LogP contribution is 2.18. The lowest BCUT2D eigenvalue weighted by Gasteiger charge is -2.34. The van der Waals surface area contributed by atoms with Crippen molar-refractivity contribution in [3.05, 3.63) is 27.9 Å². The molecular weight excluding hydrogens is 236 g/mol. The van der Waals surface area contributed by atoms with Gasteiger partial charge in [0.2, 0.25) is 0 Å². The summed E-state index contributed by atoms with van der Waals surface area (Å²) in [6.07, 6.45) is 0.857. The van der Waals surface area contributed by atoms with Crippen LogP contribution in [0.1, 0.15) is 23.8 Å². The Bertz CT molecular complexity index is 471. The molecule has 7 nitrogen and oxygen atoms in total. The van der Waals surface area contributed by atoms with Crippen LogP contribution >= 0.6 is 0 Å².